The van der Waals surface area contributed by atoms with E-state index < -0.39 is 0 Å². The van der Waals surface area contributed by atoms with E-state index in [0.29, 0.717) is 6.04 Å². The van der Waals surface area contributed by atoms with Crippen molar-refractivity contribution < 1.29 is 0 Å². The summed E-state index contributed by atoms with van der Waals surface area (Å²) < 4.78 is 2.06. The highest BCUT2D eigenvalue weighted by Crippen LogP contribution is 2.28. The van der Waals surface area contributed by atoms with E-state index in [4.69, 9.17) is 0 Å². The lowest BCUT2D eigenvalue weighted by Crippen LogP contribution is -2.27. The Labute approximate surface area is 110 Å². The van der Waals surface area contributed by atoms with Crippen molar-refractivity contribution in [1.29, 1.82) is 0 Å². The van der Waals surface area contributed by atoms with Gasteiger partial charge in [0, 0.05) is 18.5 Å². The Kier molecular flexibility index (Phi) is 4.75. The van der Waals surface area contributed by atoms with Crippen molar-refractivity contribution in [3.8, 4) is 0 Å². The average Bonchev–Trinajstić information content (AvgIpc) is 2.96. The van der Waals surface area contributed by atoms with Crippen molar-refractivity contribution >= 4 is 0 Å². The van der Waals surface area contributed by atoms with Crippen LogP contribution in [0, 0.1) is 5.92 Å². The molecule has 0 aliphatic heterocycles. The second-order valence-electron chi connectivity index (χ2n) is 5.75. The number of nitrogens with one attached hydrogen (secondary N) is 1. The van der Waals surface area contributed by atoms with Crippen molar-refractivity contribution in [2.24, 2.45) is 5.92 Å². The van der Waals surface area contributed by atoms with Crippen LogP contribution >= 0.6 is 0 Å². The maximum absolute atomic E-state index is 4.42. The quantitative estimate of drug-likeness (QED) is 0.844. The van der Waals surface area contributed by atoms with Crippen molar-refractivity contribution in [2.45, 2.75) is 65.0 Å². The summed E-state index contributed by atoms with van der Waals surface area (Å²) in [5.74, 6) is 1.94. The van der Waals surface area contributed by atoms with Gasteiger partial charge in [-0.25, -0.2) is 9.67 Å². The molecule has 0 radical (unpaired) electrons. The highest BCUT2D eigenvalue weighted by molar-refractivity contribution is 4.92. The van der Waals surface area contributed by atoms with E-state index in [1.807, 2.05) is 0 Å². The van der Waals surface area contributed by atoms with Gasteiger partial charge in [0.15, 0.2) is 0 Å². The molecule has 2 rings (SSSR count). The van der Waals surface area contributed by atoms with Crippen molar-refractivity contribution in [3.05, 3.63) is 12.2 Å². The molecule has 4 nitrogen and oxygen atoms in total. The first kappa shape index (κ1) is 13.5. The molecule has 1 fully saturated rings. The predicted octanol–water partition coefficient (Wildman–Crippen LogP) is 2.57. The SMILES string of the molecule is CCCNC1CCC(Cc2ncnn2C(C)C)C1. The zero-order valence-corrected chi connectivity index (χ0v) is 11.9. The highest BCUT2D eigenvalue weighted by atomic mass is 15.3. The fraction of sp³-hybridized carbons (Fsp3) is 0.857. The van der Waals surface area contributed by atoms with Crippen LogP contribution in [0.1, 0.15) is 58.3 Å². The normalized spacial score (nSPS) is 24.0. The van der Waals surface area contributed by atoms with Crippen molar-refractivity contribution in [1.82, 2.24) is 20.1 Å². The third-order valence-corrected chi connectivity index (χ3v) is 3.83. The van der Waals surface area contributed by atoms with Crippen molar-refractivity contribution in [3.63, 3.8) is 0 Å². The van der Waals surface area contributed by atoms with E-state index in [0.717, 1.165) is 30.7 Å². The molecule has 1 aliphatic carbocycles. The molecular weight excluding hydrogens is 224 g/mol. The fourth-order valence-electron chi connectivity index (χ4n) is 2.90. The summed E-state index contributed by atoms with van der Waals surface area (Å²) in [6.45, 7) is 7.71. The second-order valence-corrected chi connectivity index (χ2v) is 5.75. The van der Waals surface area contributed by atoms with Crippen LogP contribution in [0.15, 0.2) is 6.33 Å². The van der Waals surface area contributed by atoms with E-state index in [2.05, 4.69) is 40.9 Å². The molecule has 2 unspecified atom stereocenters. The fourth-order valence-corrected chi connectivity index (χ4v) is 2.90. The van der Waals surface area contributed by atoms with Crippen LogP contribution < -0.4 is 5.32 Å². The van der Waals surface area contributed by atoms with Gasteiger partial charge in [-0.3, -0.25) is 0 Å². The highest BCUT2D eigenvalue weighted by Gasteiger charge is 2.25. The van der Waals surface area contributed by atoms with Gasteiger partial charge in [-0.15, -0.1) is 0 Å². The average molecular weight is 250 g/mol. The van der Waals surface area contributed by atoms with Crippen LogP contribution in [-0.2, 0) is 6.42 Å². The lowest BCUT2D eigenvalue weighted by Gasteiger charge is -2.14. The summed E-state index contributed by atoms with van der Waals surface area (Å²) in [6.07, 6.45) is 7.94. The molecule has 1 saturated carbocycles. The van der Waals surface area contributed by atoms with E-state index in [1.54, 1.807) is 6.33 Å². The second kappa shape index (κ2) is 6.32. The zero-order chi connectivity index (χ0) is 13.0. The monoisotopic (exact) mass is 250 g/mol. The van der Waals surface area contributed by atoms with Crippen LogP contribution in [0.3, 0.4) is 0 Å². The van der Waals surface area contributed by atoms with E-state index in [-0.39, 0.29) is 0 Å². The van der Waals surface area contributed by atoms with Gasteiger partial charge >= 0.3 is 0 Å². The van der Waals surface area contributed by atoms with Crippen LogP contribution in [0.4, 0.5) is 0 Å². The van der Waals surface area contributed by atoms with Gasteiger partial charge < -0.3 is 5.32 Å². The molecule has 1 aromatic rings. The first-order valence-electron chi connectivity index (χ1n) is 7.32. The van der Waals surface area contributed by atoms with Gasteiger partial charge in [0.05, 0.1) is 0 Å². The van der Waals surface area contributed by atoms with Gasteiger partial charge in [0.1, 0.15) is 12.2 Å². The van der Waals surface area contributed by atoms with Crippen molar-refractivity contribution in [2.75, 3.05) is 6.54 Å². The Morgan fingerprint density at radius 2 is 2.28 bits per heavy atom. The van der Waals surface area contributed by atoms with Gasteiger partial charge in [-0.1, -0.05) is 6.92 Å². The first-order valence-corrected chi connectivity index (χ1v) is 7.32. The number of rotatable bonds is 6. The van der Waals surface area contributed by atoms with Gasteiger partial charge in [0.25, 0.3) is 0 Å². The number of aromatic nitrogens is 3. The third kappa shape index (κ3) is 3.31. The summed E-state index contributed by atoms with van der Waals surface area (Å²) in [7, 11) is 0. The molecular formula is C14H26N4. The minimum Gasteiger partial charge on any atom is -0.314 e. The molecule has 0 aromatic carbocycles. The minimum absolute atomic E-state index is 0.415. The van der Waals surface area contributed by atoms with Crippen LogP contribution in [0.2, 0.25) is 0 Å². The summed E-state index contributed by atoms with van der Waals surface area (Å²) in [6, 6.07) is 1.14. The lowest BCUT2D eigenvalue weighted by molar-refractivity contribution is 0.445. The van der Waals surface area contributed by atoms with Crippen LogP contribution in [0.25, 0.3) is 0 Å². The number of hydrogen-bond donors (Lipinski definition) is 1. The van der Waals surface area contributed by atoms with Gasteiger partial charge in [0.2, 0.25) is 0 Å². The first-order chi connectivity index (χ1) is 8.70. The number of hydrogen-bond acceptors (Lipinski definition) is 3. The molecule has 0 amide bonds. The van der Waals surface area contributed by atoms with Gasteiger partial charge in [-0.2, -0.15) is 5.10 Å². The summed E-state index contributed by atoms with van der Waals surface area (Å²) >= 11 is 0. The molecule has 1 heterocycles. The molecule has 102 valence electrons. The molecule has 1 aromatic heterocycles. The smallest absolute Gasteiger partial charge is 0.138 e. The molecule has 0 spiro atoms. The summed E-state index contributed by atoms with van der Waals surface area (Å²) in [5.41, 5.74) is 0. The summed E-state index contributed by atoms with van der Waals surface area (Å²) in [4.78, 5) is 4.42. The van der Waals surface area contributed by atoms with E-state index in [9.17, 15) is 0 Å². The molecule has 1 aliphatic rings. The zero-order valence-electron chi connectivity index (χ0n) is 11.9. The minimum atomic E-state index is 0.415. The maximum atomic E-state index is 4.42. The van der Waals surface area contributed by atoms with E-state index >= 15 is 0 Å². The van der Waals surface area contributed by atoms with Gasteiger partial charge in [-0.05, 0) is 52.0 Å². The molecule has 18 heavy (non-hydrogen) atoms. The number of nitrogens with zero attached hydrogens (tertiary/aromatic N) is 3. The maximum Gasteiger partial charge on any atom is 0.138 e. The Balaban J connectivity index is 1.85. The predicted molar refractivity (Wildman–Crippen MR) is 73.5 cm³/mol. The Morgan fingerprint density at radius 3 is 3.00 bits per heavy atom. The molecule has 1 N–H and O–H groups in total. The molecule has 0 bridgehead atoms. The van der Waals surface area contributed by atoms with Crippen LogP contribution in [0.5, 0.6) is 0 Å². The lowest BCUT2D eigenvalue weighted by atomic mass is 10.0. The molecule has 0 saturated heterocycles. The molecule has 2 atom stereocenters. The summed E-state index contributed by atoms with van der Waals surface area (Å²) in [5, 5.41) is 7.95. The topological polar surface area (TPSA) is 42.7 Å². The Morgan fingerprint density at radius 1 is 1.44 bits per heavy atom. The standard InChI is InChI=1S/C14H26N4/c1-4-7-15-13-6-5-12(8-13)9-14-16-10-17-18(14)11(2)3/h10-13,15H,4-9H2,1-3H3. The van der Waals surface area contributed by atoms with Crippen LogP contribution in [-0.4, -0.2) is 27.4 Å². The Bertz CT molecular complexity index is 358. The van der Waals surface area contributed by atoms with E-state index in [1.165, 1.54) is 25.7 Å². The Hall–Kier alpha value is -0.900. The molecule has 4 heteroatoms. The third-order valence-electron chi connectivity index (χ3n) is 3.83. The largest absolute Gasteiger partial charge is 0.314 e.